The van der Waals surface area contributed by atoms with Crippen molar-refractivity contribution in [2.45, 2.75) is 19.9 Å². The highest BCUT2D eigenvalue weighted by atomic mass is 35.5. The third-order valence-corrected chi connectivity index (χ3v) is 4.47. The Morgan fingerprint density at radius 2 is 1.92 bits per heavy atom. The Morgan fingerprint density at radius 3 is 2.50 bits per heavy atom. The van der Waals surface area contributed by atoms with Crippen molar-refractivity contribution in [3.63, 3.8) is 0 Å². The molecular weight excluding hydrogens is 352 g/mol. The molecule has 0 saturated carbocycles. The minimum Gasteiger partial charge on any atom is -0.507 e. The number of halogens is 1. The van der Waals surface area contributed by atoms with Gasteiger partial charge in [0.1, 0.15) is 5.76 Å². The molecule has 5 nitrogen and oxygen atoms in total. The lowest BCUT2D eigenvalue weighted by molar-refractivity contribution is -0.140. The maximum atomic E-state index is 12.7. The first-order valence-corrected chi connectivity index (χ1v) is 8.72. The van der Waals surface area contributed by atoms with E-state index in [-0.39, 0.29) is 17.3 Å². The second kappa shape index (κ2) is 7.30. The zero-order valence-electron chi connectivity index (χ0n) is 14.5. The summed E-state index contributed by atoms with van der Waals surface area (Å²) in [5, 5.41) is 11.3. The summed E-state index contributed by atoms with van der Waals surface area (Å²) in [6.07, 6.45) is 3.23. The summed E-state index contributed by atoms with van der Waals surface area (Å²) in [4.78, 5) is 30.9. The fourth-order valence-corrected chi connectivity index (χ4v) is 3.24. The summed E-state index contributed by atoms with van der Waals surface area (Å²) < 4.78 is 0. The number of pyridine rings is 1. The number of carbonyl (C=O) groups excluding carboxylic acids is 2. The zero-order chi connectivity index (χ0) is 18.8. The molecule has 1 amide bonds. The fourth-order valence-electron chi connectivity index (χ4n) is 3.11. The molecule has 1 aromatic carbocycles. The first-order valence-electron chi connectivity index (χ1n) is 8.34. The minimum absolute atomic E-state index is 0.0750. The van der Waals surface area contributed by atoms with Gasteiger partial charge in [0, 0.05) is 29.5 Å². The topological polar surface area (TPSA) is 70.5 Å². The second-order valence-electron chi connectivity index (χ2n) is 6.64. The van der Waals surface area contributed by atoms with Crippen molar-refractivity contribution in [3.05, 3.63) is 70.5 Å². The van der Waals surface area contributed by atoms with Crippen molar-refractivity contribution < 1.29 is 14.7 Å². The highest BCUT2D eigenvalue weighted by molar-refractivity contribution is 6.46. The molecule has 6 heteroatoms. The van der Waals surface area contributed by atoms with Crippen LogP contribution in [0.1, 0.15) is 31.0 Å². The average Bonchev–Trinajstić information content (AvgIpc) is 2.87. The first-order chi connectivity index (χ1) is 12.4. The van der Waals surface area contributed by atoms with Crippen molar-refractivity contribution in [2.75, 3.05) is 6.54 Å². The number of aliphatic hydroxyl groups is 1. The van der Waals surface area contributed by atoms with Gasteiger partial charge in [0.15, 0.2) is 0 Å². The van der Waals surface area contributed by atoms with Crippen LogP contribution in [-0.2, 0) is 9.59 Å². The fraction of sp³-hybridized carbons (Fsp3) is 0.250. The predicted octanol–water partition coefficient (Wildman–Crippen LogP) is 3.81. The van der Waals surface area contributed by atoms with E-state index in [9.17, 15) is 14.7 Å². The Labute approximate surface area is 156 Å². The maximum Gasteiger partial charge on any atom is 0.295 e. The van der Waals surface area contributed by atoms with Gasteiger partial charge >= 0.3 is 0 Å². The molecule has 134 valence electrons. The van der Waals surface area contributed by atoms with E-state index in [0.717, 1.165) is 0 Å². The lowest BCUT2D eigenvalue weighted by Crippen LogP contribution is -2.33. The lowest BCUT2D eigenvalue weighted by atomic mass is 9.96. The van der Waals surface area contributed by atoms with Gasteiger partial charge in [-0.3, -0.25) is 14.6 Å². The molecule has 3 rings (SSSR count). The van der Waals surface area contributed by atoms with Crippen LogP contribution in [0, 0.1) is 5.92 Å². The molecule has 1 atom stereocenters. The van der Waals surface area contributed by atoms with Crippen LogP contribution in [0.3, 0.4) is 0 Å². The van der Waals surface area contributed by atoms with Crippen LogP contribution in [0.25, 0.3) is 5.76 Å². The highest BCUT2D eigenvalue weighted by Crippen LogP contribution is 2.39. The highest BCUT2D eigenvalue weighted by Gasteiger charge is 2.46. The molecule has 0 bridgehead atoms. The monoisotopic (exact) mass is 370 g/mol. The molecule has 0 unspecified atom stereocenters. The Hall–Kier alpha value is -2.66. The molecule has 1 aliphatic heterocycles. The molecule has 0 spiro atoms. The molecule has 1 N–H and O–H groups in total. The molecule has 1 fully saturated rings. The van der Waals surface area contributed by atoms with Gasteiger partial charge in [0.05, 0.1) is 11.6 Å². The average molecular weight is 371 g/mol. The van der Waals surface area contributed by atoms with Crippen LogP contribution >= 0.6 is 11.6 Å². The number of rotatable bonds is 4. The third-order valence-electron chi connectivity index (χ3n) is 4.22. The van der Waals surface area contributed by atoms with Gasteiger partial charge in [0.25, 0.3) is 11.7 Å². The van der Waals surface area contributed by atoms with Crippen LogP contribution in [0.4, 0.5) is 0 Å². The lowest BCUT2D eigenvalue weighted by Gasteiger charge is -2.26. The minimum atomic E-state index is -0.688. The molecular formula is C20H19ClN2O3. The molecule has 1 aliphatic rings. The number of aliphatic hydroxyl groups excluding tert-OH is 1. The Balaban J connectivity index is 2.17. The number of ketones is 1. The zero-order valence-corrected chi connectivity index (χ0v) is 15.3. The molecule has 0 aliphatic carbocycles. The summed E-state index contributed by atoms with van der Waals surface area (Å²) in [6.45, 7) is 4.35. The smallest absolute Gasteiger partial charge is 0.295 e. The van der Waals surface area contributed by atoms with Gasteiger partial charge in [-0.05, 0) is 41.8 Å². The number of benzene rings is 1. The molecule has 2 heterocycles. The molecule has 0 radical (unpaired) electrons. The van der Waals surface area contributed by atoms with Gasteiger partial charge in [-0.2, -0.15) is 0 Å². The number of carbonyl (C=O) groups is 2. The van der Waals surface area contributed by atoms with Crippen molar-refractivity contribution in [1.29, 1.82) is 0 Å². The van der Waals surface area contributed by atoms with E-state index in [1.54, 1.807) is 48.8 Å². The normalized spacial score (nSPS) is 19.4. The van der Waals surface area contributed by atoms with E-state index < -0.39 is 17.7 Å². The van der Waals surface area contributed by atoms with E-state index >= 15 is 0 Å². The van der Waals surface area contributed by atoms with Crippen molar-refractivity contribution in [3.8, 4) is 0 Å². The van der Waals surface area contributed by atoms with E-state index in [1.807, 2.05) is 13.8 Å². The number of hydrogen-bond acceptors (Lipinski definition) is 4. The maximum absolute atomic E-state index is 12.7. The largest absolute Gasteiger partial charge is 0.507 e. The van der Waals surface area contributed by atoms with Crippen LogP contribution in [-0.4, -0.2) is 33.2 Å². The molecule has 1 saturated heterocycles. The number of aromatic nitrogens is 1. The summed E-state index contributed by atoms with van der Waals surface area (Å²) in [6, 6.07) is 9.36. The van der Waals surface area contributed by atoms with Crippen LogP contribution < -0.4 is 0 Å². The predicted molar refractivity (Wildman–Crippen MR) is 99.5 cm³/mol. The van der Waals surface area contributed by atoms with Gasteiger partial charge < -0.3 is 10.0 Å². The van der Waals surface area contributed by atoms with E-state index in [2.05, 4.69) is 4.98 Å². The quantitative estimate of drug-likeness (QED) is 0.504. The van der Waals surface area contributed by atoms with E-state index in [0.29, 0.717) is 22.7 Å². The van der Waals surface area contributed by atoms with E-state index in [4.69, 9.17) is 11.6 Å². The summed E-state index contributed by atoms with van der Waals surface area (Å²) in [7, 11) is 0. The van der Waals surface area contributed by atoms with Crippen LogP contribution in [0.15, 0.2) is 54.4 Å². The summed E-state index contributed by atoms with van der Waals surface area (Å²) >= 11 is 5.90. The second-order valence-corrected chi connectivity index (χ2v) is 7.07. The third kappa shape index (κ3) is 3.35. The molecule has 2 aromatic rings. The molecule has 1 aromatic heterocycles. The van der Waals surface area contributed by atoms with Crippen molar-refractivity contribution in [2.24, 2.45) is 5.92 Å². The Bertz CT molecular complexity index is 860. The van der Waals surface area contributed by atoms with Gasteiger partial charge in [0.2, 0.25) is 0 Å². The van der Waals surface area contributed by atoms with Crippen molar-refractivity contribution in [1.82, 2.24) is 9.88 Å². The number of hydrogen-bond donors (Lipinski definition) is 1. The number of likely N-dealkylation sites (tertiary alicyclic amines) is 1. The van der Waals surface area contributed by atoms with E-state index in [1.165, 1.54) is 4.90 Å². The van der Waals surface area contributed by atoms with Gasteiger partial charge in [-0.25, -0.2) is 0 Å². The summed E-state index contributed by atoms with van der Waals surface area (Å²) in [5.41, 5.74) is 1.19. The van der Waals surface area contributed by atoms with Gasteiger partial charge in [-0.1, -0.05) is 31.5 Å². The first kappa shape index (κ1) is 18.1. The Morgan fingerprint density at radius 1 is 1.23 bits per heavy atom. The summed E-state index contributed by atoms with van der Waals surface area (Å²) in [5.74, 6) is -1.34. The molecule has 26 heavy (non-hydrogen) atoms. The van der Waals surface area contributed by atoms with Crippen LogP contribution in [0.5, 0.6) is 0 Å². The van der Waals surface area contributed by atoms with Gasteiger partial charge in [-0.15, -0.1) is 0 Å². The van der Waals surface area contributed by atoms with Crippen molar-refractivity contribution >= 4 is 29.1 Å². The number of nitrogens with zero attached hydrogens (tertiary/aromatic N) is 2. The number of amides is 1. The standard InChI is InChI=1S/C20H19ClN2O3/c1-12(2)11-23-17(14-4-3-9-22-10-14)16(19(25)20(23)26)18(24)13-5-7-15(21)8-6-13/h3-10,12,17,24H,11H2,1-2H3/t17-/m0/s1. The Kier molecular flexibility index (Phi) is 5.09. The van der Waals surface area contributed by atoms with Crippen LogP contribution in [0.2, 0.25) is 5.02 Å². The SMILES string of the molecule is CC(C)CN1C(=O)C(=O)C(=C(O)c2ccc(Cl)cc2)[C@@H]1c1cccnc1. The number of Topliss-reactive ketones (excluding diaryl/α,β-unsaturated/α-hetero) is 1.